The summed E-state index contributed by atoms with van der Waals surface area (Å²) in [6.07, 6.45) is 3.38. The van der Waals surface area contributed by atoms with Gasteiger partial charge in [0, 0.05) is 23.4 Å². The van der Waals surface area contributed by atoms with Gasteiger partial charge in [0.15, 0.2) is 5.16 Å². The number of amides is 1. The molecule has 0 bridgehead atoms. The maximum atomic E-state index is 11.6. The Balaban J connectivity index is 1.62. The summed E-state index contributed by atoms with van der Waals surface area (Å²) < 4.78 is 1.90. The first kappa shape index (κ1) is 19.8. The van der Waals surface area contributed by atoms with Gasteiger partial charge >= 0.3 is 0 Å². The van der Waals surface area contributed by atoms with Crippen LogP contribution in [0.5, 0.6) is 0 Å². The van der Waals surface area contributed by atoms with Crippen molar-refractivity contribution >= 4 is 17.7 Å². The maximum absolute atomic E-state index is 11.6. The van der Waals surface area contributed by atoms with Gasteiger partial charge in [-0.1, -0.05) is 36.0 Å². The maximum Gasteiger partial charge on any atom is 0.248 e. The summed E-state index contributed by atoms with van der Waals surface area (Å²) in [5.41, 5.74) is 10.2. The number of nitrogens with two attached hydrogens (primary N) is 1. The largest absolute Gasteiger partial charge is 0.366 e. The van der Waals surface area contributed by atoms with Crippen molar-refractivity contribution in [1.29, 1.82) is 0 Å². The smallest absolute Gasteiger partial charge is 0.248 e. The lowest BCUT2D eigenvalue weighted by Gasteiger charge is -2.12. The molecule has 0 saturated heterocycles. The van der Waals surface area contributed by atoms with E-state index in [1.807, 2.05) is 36.7 Å². The number of hydrogen-bond acceptors (Lipinski definition) is 6. The van der Waals surface area contributed by atoms with E-state index in [4.69, 9.17) is 5.73 Å². The molecule has 0 aliphatic carbocycles. The van der Waals surface area contributed by atoms with Crippen molar-refractivity contribution in [1.82, 2.24) is 29.8 Å². The first-order valence-electron chi connectivity index (χ1n) is 9.37. The van der Waals surface area contributed by atoms with Crippen LogP contribution in [0.15, 0.2) is 60.1 Å². The number of primary amides is 1. The first-order valence-corrected chi connectivity index (χ1v) is 10.2. The number of benzene rings is 2. The molecule has 0 aliphatic heterocycles. The second kappa shape index (κ2) is 8.11. The number of hydrogen-bond donors (Lipinski definition) is 1. The second-order valence-corrected chi connectivity index (χ2v) is 8.25. The number of rotatable bonds is 6. The molecule has 2 aromatic heterocycles. The third-order valence-electron chi connectivity index (χ3n) is 4.89. The zero-order valence-electron chi connectivity index (χ0n) is 16.9. The molecule has 2 heterocycles. The van der Waals surface area contributed by atoms with Crippen LogP contribution in [0, 0.1) is 6.92 Å². The van der Waals surface area contributed by atoms with Gasteiger partial charge in [0.05, 0.1) is 11.9 Å². The van der Waals surface area contributed by atoms with E-state index in [1.165, 1.54) is 0 Å². The molecule has 1 unspecified atom stereocenters. The minimum atomic E-state index is -0.455. The summed E-state index contributed by atoms with van der Waals surface area (Å²) in [4.78, 5) is 13.2. The molecule has 30 heavy (non-hydrogen) atoms. The standard InChI is InChI=1S/C21H21N7OS/c1-13-17(8-5-9-18(13)20(22)29)19-11-24-28(26-19)16-7-4-6-15(10-16)14(2)30-21-25-23-12-27(21)3/h4-12,14H,1-3H3,(H2,22,29). The zero-order chi connectivity index (χ0) is 21.3. The summed E-state index contributed by atoms with van der Waals surface area (Å²) in [6.45, 7) is 3.99. The minimum Gasteiger partial charge on any atom is -0.366 e. The van der Waals surface area contributed by atoms with Crippen LogP contribution >= 0.6 is 11.8 Å². The lowest BCUT2D eigenvalue weighted by molar-refractivity contribution is 0.1000. The van der Waals surface area contributed by atoms with E-state index >= 15 is 0 Å². The number of aromatic nitrogens is 6. The molecular weight excluding hydrogens is 398 g/mol. The Morgan fingerprint density at radius 3 is 2.73 bits per heavy atom. The molecule has 4 aromatic rings. The Bertz CT molecular complexity index is 1210. The van der Waals surface area contributed by atoms with Crippen LogP contribution in [0.3, 0.4) is 0 Å². The monoisotopic (exact) mass is 419 g/mol. The van der Waals surface area contributed by atoms with Gasteiger partial charge in [0.2, 0.25) is 5.91 Å². The Labute approximate surface area is 178 Å². The first-order chi connectivity index (χ1) is 14.4. The van der Waals surface area contributed by atoms with Gasteiger partial charge in [-0.25, -0.2) is 0 Å². The van der Waals surface area contributed by atoms with Gasteiger partial charge in [-0.3, -0.25) is 4.79 Å². The van der Waals surface area contributed by atoms with Gasteiger partial charge in [-0.05, 0) is 43.2 Å². The highest BCUT2D eigenvalue weighted by Gasteiger charge is 2.15. The van der Waals surface area contributed by atoms with E-state index in [0.29, 0.717) is 11.3 Å². The average Bonchev–Trinajstić information content (AvgIpc) is 3.38. The highest BCUT2D eigenvalue weighted by molar-refractivity contribution is 7.99. The van der Waals surface area contributed by atoms with Crippen LogP contribution in [0.25, 0.3) is 16.9 Å². The van der Waals surface area contributed by atoms with Crippen LogP contribution < -0.4 is 5.73 Å². The molecule has 0 spiro atoms. The molecular formula is C21H21N7OS. The fourth-order valence-corrected chi connectivity index (χ4v) is 4.11. The van der Waals surface area contributed by atoms with Gasteiger partial charge in [0.25, 0.3) is 0 Å². The van der Waals surface area contributed by atoms with Crippen LogP contribution in [-0.2, 0) is 7.05 Å². The van der Waals surface area contributed by atoms with E-state index in [-0.39, 0.29) is 5.25 Å². The molecule has 8 nitrogen and oxygen atoms in total. The van der Waals surface area contributed by atoms with E-state index < -0.39 is 5.91 Å². The Hall–Kier alpha value is -3.46. The van der Waals surface area contributed by atoms with Crippen LogP contribution in [0.2, 0.25) is 0 Å². The zero-order valence-corrected chi connectivity index (χ0v) is 17.7. The molecule has 152 valence electrons. The second-order valence-electron chi connectivity index (χ2n) is 6.94. The van der Waals surface area contributed by atoms with Crippen molar-refractivity contribution in [2.24, 2.45) is 12.8 Å². The number of aryl methyl sites for hydroxylation is 1. The minimum absolute atomic E-state index is 0.178. The van der Waals surface area contributed by atoms with Crippen molar-refractivity contribution in [3.63, 3.8) is 0 Å². The fourth-order valence-electron chi connectivity index (χ4n) is 3.20. The van der Waals surface area contributed by atoms with Gasteiger partial charge < -0.3 is 10.3 Å². The molecule has 2 N–H and O–H groups in total. The van der Waals surface area contributed by atoms with E-state index in [0.717, 1.165) is 27.5 Å². The molecule has 2 aromatic carbocycles. The van der Waals surface area contributed by atoms with Crippen molar-refractivity contribution in [2.75, 3.05) is 0 Å². The highest BCUT2D eigenvalue weighted by atomic mass is 32.2. The average molecular weight is 420 g/mol. The molecule has 1 amide bonds. The summed E-state index contributed by atoms with van der Waals surface area (Å²) >= 11 is 1.64. The Morgan fingerprint density at radius 1 is 1.20 bits per heavy atom. The molecule has 0 aliphatic rings. The summed E-state index contributed by atoms with van der Waals surface area (Å²) in [5.74, 6) is -0.455. The SMILES string of the molecule is Cc1c(C(N)=O)cccc1-c1cnn(-c2cccc(C(C)Sc3nncn3C)c2)n1. The molecule has 0 saturated carbocycles. The lowest BCUT2D eigenvalue weighted by atomic mass is 10.0. The normalized spacial score (nSPS) is 12.1. The van der Waals surface area contributed by atoms with E-state index in [2.05, 4.69) is 39.5 Å². The number of nitrogens with zero attached hydrogens (tertiary/aromatic N) is 6. The molecule has 0 fully saturated rings. The number of carbonyl (C=O) groups is 1. The molecule has 9 heteroatoms. The quantitative estimate of drug-likeness (QED) is 0.481. The topological polar surface area (TPSA) is 105 Å². The van der Waals surface area contributed by atoms with Gasteiger partial charge in [0.1, 0.15) is 12.0 Å². The number of thioether (sulfide) groups is 1. The van der Waals surface area contributed by atoms with Crippen LogP contribution in [0.1, 0.15) is 33.7 Å². The summed E-state index contributed by atoms with van der Waals surface area (Å²) in [7, 11) is 1.93. The summed E-state index contributed by atoms with van der Waals surface area (Å²) in [6, 6.07) is 13.5. The van der Waals surface area contributed by atoms with Gasteiger partial charge in [-0.2, -0.15) is 9.90 Å². The predicted molar refractivity (Wildman–Crippen MR) is 115 cm³/mol. The molecule has 4 rings (SSSR count). The lowest BCUT2D eigenvalue weighted by Crippen LogP contribution is -2.13. The van der Waals surface area contributed by atoms with Crippen molar-refractivity contribution in [3.05, 3.63) is 71.7 Å². The van der Waals surface area contributed by atoms with Crippen molar-refractivity contribution in [3.8, 4) is 16.9 Å². The third-order valence-corrected chi connectivity index (χ3v) is 6.10. The third kappa shape index (κ3) is 3.84. The predicted octanol–water partition coefficient (Wildman–Crippen LogP) is 3.32. The molecule has 1 atom stereocenters. The Kier molecular flexibility index (Phi) is 5.37. The number of carbonyl (C=O) groups excluding carboxylic acids is 1. The van der Waals surface area contributed by atoms with Crippen molar-refractivity contribution in [2.45, 2.75) is 24.3 Å². The van der Waals surface area contributed by atoms with Crippen LogP contribution in [-0.4, -0.2) is 35.7 Å². The van der Waals surface area contributed by atoms with Crippen molar-refractivity contribution < 1.29 is 4.79 Å². The molecule has 0 radical (unpaired) electrons. The summed E-state index contributed by atoms with van der Waals surface area (Å²) in [5, 5.41) is 18.2. The van der Waals surface area contributed by atoms with E-state index in [1.54, 1.807) is 41.2 Å². The Morgan fingerprint density at radius 2 is 2.00 bits per heavy atom. The van der Waals surface area contributed by atoms with E-state index in [9.17, 15) is 4.79 Å². The van der Waals surface area contributed by atoms with Gasteiger partial charge in [-0.15, -0.1) is 15.3 Å². The highest BCUT2D eigenvalue weighted by Crippen LogP contribution is 2.34. The van der Waals surface area contributed by atoms with Crippen LogP contribution in [0.4, 0.5) is 0 Å². The fraction of sp³-hybridized carbons (Fsp3) is 0.190.